The molecule has 0 bridgehead atoms. The van der Waals surface area contributed by atoms with Crippen molar-refractivity contribution in [3.8, 4) is 0 Å². The Kier molecular flexibility index (Phi) is 19.9. The Labute approximate surface area is 489 Å². The van der Waals surface area contributed by atoms with Gasteiger partial charge < -0.3 is 24.3 Å². The molecule has 424 valence electrons. The van der Waals surface area contributed by atoms with E-state index >= 15 is 26.3 Å². The minimum Gasteiger partial charge on any atom is -0.456 e. The van der Waals surface area contributed by atoms with E-state index in [2.05, 4.69) is 10.3 Å². The predicted octanol–water partition coefficient (Wildman–Crippen LogP) is 17.8. The lowest BCUT2D eigenvalue weighted by Gasteiger charge is -2.37. The topological polar surface area (TPSA) is 116 Å². The van der Waals surface area contributed by atoms with E-state index in [1.54, 1.807) is 110 Å². The summed E-state index contributed by atoms with van der Waals surface area (Å²) < 4.78 is 101. The lowest BCUT2D eigenvalue weighted by Crippen LogP contribution is -2.51. The van der Waals surface area contributed by atoms with Crippen LogP contribution < -0.4 is 0 Å². The second-order valence-corrected chi connectivity index (χ2v) is 22.8. The number of aryl methyl sites for hydroxylation is 2. The number of carbonyl (C=O) groups is 2. The smallest absolute Gasteiger partial charge is 0.440 e. The van der Waals surface area contributed by atoms with Gasteiger partial charge in [0.2, 0.25) is 0 Å². The first-order valence-corrected chi connectivity index (χ1v) is 26.7. The number of carbonyl (C=O) groups excluding carboxylic acids is 2. The highest BCUT2D eigenvalue weighted by molar-refractivity contribution is 6.40. The lowest BCUT2D eigenvalue weighted by atomic mass is 9.72. The summed E-state index contributed by atoms with van der Waals surface area (Å²) in [4.78, 5) is 35.9. The van der Waals surface area contributed by atoms with E-state index in [0.29, 0.717) is 27.8 Å². The van der Waals surface area contributed by atoms with E-state index in [0.717, 1.165) is 24.3 Å². The van der Waals surface area contributed by atoms with Crippen LogP contribution >= 0.6 is 69.6 Å². The zero-order chi connectivity index (χ0) is 59.3. The van der Waals surface area contributed by atoms with Gasteiger partial charge in [0, 0.05) is 47.9 Å². The lowest BCUT2D eigenvalue weighted by molar-refractivity contribution is -0.296. The first-order valence-electron chi connectivity index (χ1n) is 24.2. The molecule has 80 heavy (non-hydrogen) atoms. The van der Waals surface area contributed by atoms with Crippen LogP contribution in [-0.2, 0) is 30.4 Å². The molecule has 6 aromatic carbocycles. The molecule has 21 heteroatoms. The highest BCUT2D eigenvalue weighted by atomic mass is 35.5. The van der Waals surface area contributed by atoms with Crippen LogP contribution in [0.15, 0.2) is 149 Å². The number of nitrogens with zero attached hydrogens (tertiary/aromatic N) is 2. The van der Waals surface area contributed by atoms with Gasteiger partial charge in [-0.05, 0) is 144 Å². The molecule has 0 fully saturated rings. The Morgan fingerprint density at radius 2 is 1.05 bits per heavy atom. The monoisotopic (exact) mass is 1220 g/mol. The summed E-state index contributed by atoms with van der Waals surface area (Å²) in [6, 6.07) is 32.7. The van der Waals surface area contributed by atoms with E-state index in [9.17, 15) is 14.7 Å². The van der Waals surface area contributed by atoms with Crippen molar-refractivity contribution < 1.29 is 60.2 Å². The van der Waals surface area contributed by atoms with Gasteiger partial charge in [-0.3, -0.25) is 0 Å². The van der Waals surface area contributed by atoms with Crippen molar-refractivity contribution in [3.63, 3.8) is 0 Å². The molecule has 0 saturated carbocycles. The third-order valence-electron chi connectivity index (χ3n) is 12.1. The van der Waals surface area contributed by atoms with E-state index < -0.39 is 64.3 Å². The van der Waals surface area contributed by atoms with Crippen LogP contribution in [0.3, 0.4) is 0 Å². The number of aliphatic hydroxyl groups is 1. The second-order valence-electron chi connectivity index (χ2n) is 20.3. The van der Waals surface area contributed by atoms with Gasteiger partial charge in [0.1, 0.15) is 16.9 Å². The average Bonchev–Trinajstić information content (AvgIpc) is 4.18. The highest BCUT2D eigenvalue weighted by Crippen LogP contribution is 2.57. The zero-order valence-electron chi connectivity index (χ0n) is 44.0. The van der Waals surface area contributed by atoms with Crippen LogP contribution in [0.25, 0.3) is 6.08 Å². The number of halogens is 12. The Morgan fingerprint density at radius 3 is 1.49 bits per heavy atom. The summed E-state index contributed by atoms with van der Waals surface area (Å²) >= 11 is 33.9. The standard InChI is InChI=1S/C29H26Cl2F3NO4.C29H24Cl2F3NO3.CH2Cl2/c1-16-12-18(10-11-22(16)26(37)38-27(2,3)4)24-23(25(36)17-8-6-5-7-9-17)28(39-35-24,29(32,33)34)19-13-20(30)15-21(31)14-19;1-17-12-19(10-11-23(17)26(36)37-27(2,3)4)25-24(13-18-8-6-5-7-9-18)28(38-35-25,29(32,33)34)20-14-21(30)16-22(31)15-20;2-1-3/h5-15,23,25,36H,1-4H3;5-16H,1-4H3;1H2/b;24-13+;. The van der Waals surface area contributed by atoms with Crippen LogP contribution in [-0.4, -0.2) is 57.4 Å². The molecule has 2 heterocycles. The largest absolute Gasteiger partial charge is 0.456 e. The van der Waals surface area contributed by atoms with Gasteiger partial charge in [-0.25, -0.2) is 9.59 Å². The molecule has 1 N–H and O–H groups in total. The van der Waals surface area contributed by atoms with Crippen molar-refractivity contribution in [1.82, 2.24) is 0 Å². The minimum atomic E-state index is -5.06. The minimum absolute atomic E-state index is 0.0183. The van der Waals surface area contributed by atoms with E-state index in [4.69, 9.17) is 88.8 Å². The van der Waals surface area contributed by atoms with Crippen molar-refractivity contribution in [2.45, 2.75) is 96.3 Å². The summed E-state index contributed by atoms with van der Waals surface area (Å²) in [7, 11) is 0. The third-order valence-corrected chi connectivity index (χ3v) is 13.0. The number of rotatable bonds is 9. The molecular formula is C59H52Cl6F6N2O7. The number of oxime groups is 2. The fraction of sp³-hybridized carbons (Fsp3) is 0.288. The number of esters is 2. The van der Waals surface area contributed by atoms with Gasteiger partial charge in [0.25, 0.3) is 11.2 Å². The van der Waals surface area contributed by atoms with Crippen LogP contribution in [0, 0.1) is 19.8 Å². The molecule has 0 aromatic heterocycles. The van der Waals surface area contributed by atoms with Crippen molar-refractivity contribution >= 4 is 99.0 Å². The molecular weight excluding hydrogens is 1180 g/mol. The summed E-state index contributed by atoms with van der Waals surface area (Å²) in [5, 5.41) is 19.5. The quantitative estimate of drug-likeness (QED) is 0.0871. The van der Waals surface area contributed by atoms with Crippen molar-refractivity contribution in [2.24, 2.45) is 16.2 Å². The van der Waals surface area contributed by atoms with Crippen LogP contribution in [0.4, 0.5) is 26.3 Å². The SMILES string of the molecule is Cc1cc(C2=NOC(c3cc(Cl)cc(Cl)c3)(C(F)(F)F)/C2=C/c2ccccc2)ccc1C(=O)OC(C)(C)C.Cc1cc(C2=NOC(c3cc(Cl)cc(Cl)c3)(C(F)(F)F)C2C(O)c2ccccc2)ccc1C(=O)OC(C)(C)C.ClCCl. The van der Waals surface area contributed by atoms with E-state index in [1.807, 2.05) is 0 Å². The fourth-order valence-corrected chi connectivity index (χ4v) is 9.88. The summed E-state index contributed by atoms with van der Waals surface area (Å²) in [5.74, 6) is -2.87. The van der Waals surface area contributed by atoms with Crippen LogP contribution in [0.1, 0.15) is 113 Å². The Hall–Kier alpha value is -5.78. The van der Waals surface area contributed by atoms with Gasteiger partial charge in [-0.2, -0.15) is 26.3 Å². The molecule has 4 unspecified atom stereocenters. The molecule has 0 spiro atoms. The average molecular weight is 1230 g/mol. The molecule has 0 saturated heterocycles. The molecule has 0 aliphatic carbocycles. The van der Waals surface area contributed by atoms with Crippen LogP contribution in [0.2, 0.25) is 20.1 Å². The first-order chi connectivity index (χ1) is 37.3. The molecule has 0 amide bonds. The zero-order valence-corrected chi connectivity index (χ0v) is 48.5. The fourth-order valence-electron chi connectivity index (χ4n) is 8.83. The number of hydrogen-bond acceptors (Lipinski definition) is 9. The molecule has 6 aromatic rings. The number of aliphatic hydroxyl groups excluding tert-OH is 1. The number of ether oxygens (including phenoxy) is 2. The molecule has 2 aliphatic rings. The van der Waals surface area contributed by atoms with Gasteiger partial charge in [-0.15, -0.1) is 23.2 Å². The maximum absolute atomic E-state index is 15.1. The van der Waals surface area contributed by atoms with Crippen molar-refractivity contribution in [3.05, 3.63) is 215 Å². The molecule has 9 nitrogen and oxygen atoms in total. The molecule has 4 atom stereocenters. The Balaban J connectivity index is 0.000000246. The van der Waals surface area contributed by atoms with Gasteiger partial charge in [-0.1, -0.05) is 130 Å². The predicted molar refractivity (Wildman–Crippen MR) is 302 cm³/mol. The summed E-state index contributed by atoms with van der Waals surface area (Å²) in [6.45, 7) is 13.7. The summed E-state index contributed by atoms with van der Waals surface area (Å²) in [6.07, 6.45) is -10.3. The second kappa shape index (κ2) is 25.2. The van der Waals surface area contributed by atoms with E-state index in [-0.39, 0.29) is 64.7 Å². The normalized spacial score (nSPS) is 19.0. The van der Waals surface area contributed by atoms with Crippen molar-refractivity contribution in [1.29, 1.82) is 0 Å². The van der Waals surface area contributed by atoms with Crippen LogP contribution in [0.5, 0.6) is 0 Å². The highest BCUT2D eigenvalue weighted by Gasteiger charge is 2.70. The number of alkyl halides is 8. The molecule has 0 radical (unpaired) electrons. The number of benzene rings is 6. The van der Waals surface area contributed by atoms with Crippen molar-refractivity contribution in [2.75, 3.05) is 5.34 Å². The van der Waals surface area contributed by atoms with E-state index in [1.165, 1.54) is 60.7 Å². The first kappa shape index (κ1) is 63.4. The number of hydrogen-bond donors (Lipinski definition) is 1. The van der Waals surface area contributed by atoms with Gasteiger partial charge in [0.15, 0.2) is 0 Å². The summed E-state index contributed by atoms with van der Waals surface area (Å²) in [5.41, 5.74) is -5.92. The maximum Gasteiger partial charge on any atom is 0.440 e. The molecule has 8 rings (SSSR count). The van der Waals surface area contributed by atoms with Gasteiger partial charge in [0.05, 0.1) is 34.2 Å². The third kappa shape index (κ3) is 14.3. The Bertz CT molecular complexity index is 3290. The van der Waals surface area contributed by atoms with Gasteiger partial charge >= 0.3 is 24.3 Å². The Morgan fingerprint density at radius 1 is 0.613 bits per heavy atom. The maximum atomic E-state index is 15.1. The molecule has 2 aliphatic heterocycles.